The SMILES string of the molecule is O=C(Nc1cc(C(=O)NC2CCC2)cnc1Nc1ccccc1)c1cc(F)cc(C(F)(F)F)c1. The molecule has 0 radical (unpaired) electrons. The molecule has 1 fully saturated rings. The first-order valence-corrected chi connectivity index (χ1v) is 10.5. The number of hydrogen-bond acceptors (Lipinski definition) is 4. The Morgan fingerprint density at radius 2 is 1.68 bits per heavy atom. The summed E-state index contributed by atoms with van der Waals surface area (Å²) in [7, 11) is 0. The van der Waals surface area contributed by atoms with E-state index in [0.717, 1.165) is 19.3 Å². The van der Waals surface area contributed by atoms with E-state index in [1.54, 1.807) is 30.3 Å². The molecular formula is C24H20F4N4O2. The number of para-hydroxylation sites is 1. The highest BCUT2D eigenvalue weighted by Crippen LogP contribution is 2.31. The van der Waals surface area contributed by atoms with Gasteiger partial charge in [0.05, 0.1) is 16.8 Å². The first-order chi connectivity index (χ1) is 16.2. The van der Waals surface area contributed by atoms with Gasteiger partial charge in [0.25, 0.3) is 11.8 Å². The molecule has 6 nitrogen and oxygen atoms in total. The third-order valence-corrected chi connectivity index (χ3v) is 5.36. The summed E-state index contributed by atoms with van der Waals surface area (Å²) in [5.41, 5.74) is -0.972. The molecule has 0 aliphatic heterocycles. The van der Waals surface area contributed by atoms with Gasteiger partial charge >= 0.3 is 6.18 Å². The number of aromatic nitrogens is 1. The van der Waals surface area contributed by atoms with Crippen molar-refractivity contribution in [1.82, 2.24) is 10.3 Å². The summed E-state index contributed by atoms with van der Waals surface area (Å²) in [6.45, 7) is 0. The largest absolute Gasteiger partial charge is 0.416 e. The Kier molecular flexibility index (Phi) is 6.49. The molecule has 0 unspecified atom stereocenters. The van der Waals surface area contributed by atoms with Crippen LogP contribution in [0.4, 0.5) is 34.8 Å². The monoisotopic (exact) mass is 472 g/mol. The van der Waals surface area contributed by atoms with Gasteiger partial charge in [0.15, 0.2) is 5.82 Å². The van der Waals surface area contributed by atoms with Crippen LogP contribution in [0.25, 0.3) is 0 Å². The number of pyridine rings is 1. The van der Waals surface area contributed by atoms with Crippen LogP contribution in [0.5, 0.6) is 0 Å². The molecule has 3 N–H and O–H groups in total. The van der Waals surface area contributed by atoms with Gasteiger partial charge in [-0.3, -0.25) is 9.59 Å². The Bertz CT molecular complexity index is 1210. The topological polar surface area (TPSA) is 83.1 Å². The highest BCUT2D eigenvalue weighted by molar-refractivity contribution is 6.07. The number of carbonyl (C=O) groups excluding carboxylic acids is 2. The van der Waals surface area contributed by atoms with E-state index in [-0.39, 0.29) is 29.0 Å². The second kappa shape index (κ2) is 9.50. The van der Waals surface area contributed by atoms with Crippen molar-refractivity contribution in [3.63, 3.8) is 0 Å². The first kappa shape index (κ1) is 23.2. The number of halogens is 4. The van der Waals surface area contributed by atoms with E-state index in [9.17, 15) is 27.2 Å². The molecule has 4 rings (SSSR count). The molecule has 0 atom stereocenters. The van der Waals surface area contributed by atoms with E-state index in [4.69, 9.17) is 0 Å². The predicted octanol–water partition coefficient (Wildman–Crippen LogP) is 5.52. The van der Waals surface area contributed by atoms with Gasteiger partial charge in [-0.1, -0.05) is 18.2 Å². The van der Waals surface area contributed by atoms with Gasteiger partial charge in [-0.25, -0.2) is 9.37 Å². The van der Waals surface area contributed by atoms with Gasteiger partial charge < -0.3 is 16.0 Å². The Morgan fingerprint density at radius 3 is 2.32 bits per heavy atom. The summed E-state index contributed by atoms with van der Waals surface area (Å²) in [6, 6.07) is 11.8. The maximum absolute atomic E-state index is 13.8. The molecule has 2 aromatic carbocycles. The Morgan fingerprint density at radius 1 is 0.941 bits per heavy atom. The summed E-state index contributed by atoms with van der Waals surface area (Å²) in [5, 5.41) is 8.30. The highest BCUT2D eigenvalue weighted by atomic mass is 19.4. The van der Waals surface area contributed by atoms with Crippen molar-refractivity contribution in [1.29, 1.82) is 0 Å². The molecule has 3 aromatic rings. The predicted molar refractivity (Wildman–Crippen MR) is 118 cm³/mol. The Balaban J connectivity index is 1.64. The summed E-state index contributed by atoms with van der Waals surface area (Å²) < 4.78 is 53.0. The average Bonchev–Trinajstić information content (AvgIpc) is 2.77. The van der Waals surface area contributed by atoms with Gasteiger partial charge in [0, 0.05) is 23.5 Å². The number of hydrogen-bond donors (Lipinski definition) is 3. The molecule has 0 spiro atoms. The molecule has 1 aliphatic rings. The molecule has 34 heavy (non-hydrogen) atoms. The maximum Gasteiger partial charge on any atom is 0.416 e. The van der Waals surface area contributed by atoms with Crippen LogP contribution in [-0.4, -0.2) is 22.8 Å². The summed E-state index contributed by atoms with van der Waals surface area (Å²) in [5.74, 6) is -2.41. The molecule has 1 saturated carbocycles. The lowest BCUT2D eigenvalue weighted by Crippen LogP contribution is -2.39. The number of alkyl halides is 3. The lowest BCUT2D eigenvalue weighted by molar-refractivity contribution is -0.137. The van der Waals surface area contributed by atoms with Crippen LogP contribution >= 0.6 is 0 Å². The molecule has 0 saturated heterocycles. The van der Waals surface area contributed by atoms with Crippen molar-refractivity contribution < 1.29 is 27.2 Å². The second-order valence-electron chi connectivity index (χ2n) is 7.89. The van der Waals surface area contributed by atoms with Crippen LogP contribution in [0, 0.1) is 5.82 Å². The maximum atomic E-state index is 13.8. The highest BCUT2D eigenvalue weighted by Gasteiger charge is 2.32. The van der Waals surface area contributed by atoms with E-state index < -0.39 is 29.0 Å². The van der Waals surface area contributed by atoms with Gasteiger partial charge in [0.2, 0.25) is 0 Å². The van der Waals surface area contributed by atoms with Crippen LogP contribution in [0.3, 0.4) is 0 Å². The molecular weight excluding hydrogens is 452 g/mol. The minimum atomic E-state index is -4.82. The van der Waals surface area contributed by atoms with Crippen molar-refractivity contribution in [2.45, 2.75) is 31.5 Å². The van der Waals surface area contributed by atoms with Crippen LogP contribution < -0.4 is 16.0 Å². The van der Waals surface area contributed by atoms with Crippen molar-refractivity contribution in [2.75, 3.05) is 10.6 Å². The minimum Gasteiger partial charge on any atom is -0.349 e. The van der Waals surface area contributed by atoms with Gasteiger partial charge in [-0.15, -0.1) is 0 Å². The van der Waals surface area contributed by atoms with E-state index in [1.807, 2.05) is 0 Å². The van der Waals surface area contributed by atoms with Gasteiger partial charge in [0.1, 0.15) is 5.82 Å². The number of benzene rings is 2. The van der Waals surface area contributed by atoms with E-state index in [1.165, 1.54) is 12.3 Å². The number of nitrogens with zero attached hydrogens (tertiary/aromatic N) is 1. The standard InChI is InChI=1S/C24H20F4N4O2/c25-17-10-14(9-16(12-17)24(26,27)28)22(33)32-20-11-15(23(34)31-19-7-4-8-19)13-29-21(20)30-18-5-2-1-3-6-18/h1-3,5-6,9-13,19H,4,7-8H2,(H,29,30)(H,31,34)(H,32,33). The number of anilines is 3. The summed E-state index contributed by atoms with van der Waals surface area (Å²) >= 11 is 0. The fourth-order valence-corrected chi connectivity index (χ4v) is 3.34. The van der Waals surface area contributed by atoms with Crippen LogP contribution in [0.1, 0.15) is 45.5 Å². The third-order valence-electron chi connectivity index (χ3n) is 5.36. The lowest BCUT2D eigenvalue weighted by Gasteiger charge is -2.26. The molecule has 1 aromatic heterocycles. The quantitative estimate of drug-likeness (QED) is 0.413. The smallest absolute Gasteiger partial charge is 0.349 e. The molecule has 1 aliphatic carbocycles. The van der Waals surface area contributed by atoms with Crippen LogP contribution in [0.2, 0.25) is 0 Å². The van der Waals surface area contributed by atoms with E-state index >= 15 is 0 Å². The zero-order valence-electron chi connectivity index (χ0n) is 17.7. The normalized spacial score (nSPS) is 13.6. The first-order valence-electron chi connectivity index (χ1n) is 10.5. The fraction of sp³-hybridized carbons (Fsp3) is 0.208. The van der Waals surface area contributed by atoms with Crippen molar-refractivity contribution in [3.8, 4) is 0 Å². The number of carbonyl (C=O) groups is 2. The molecule has 2 amide bonds. The summed E-state index contributed by atoms with van der Waals surface area (Å²) in [4.78, 5) is 29.6. The van der Waals surface area contributed by atoms with Crippen molar-refractivity contribution >= 4 is 29.0 Å². The minimum absolute atomic E-state index is 0.0490. The zero-order chi connectivity index (χ0) is 24.3. The molecule has 0 bridgehead atoms. The molecule has 176 valence electrons. The number of amides is 2. The Labute approximate surface area is 192 Å². The van der Waals surface area contributed by atoms with Crippen molar-refractivity contribution in [2.24, 2.45) is 0 Å². The summed E-state index contributed by atoms with van der Waals surface area (Å²) in [6.07, 6.45) is -0.718. The lowest BCUT2D eigenvalue weighted by atomic mass is 9.93. The molecule has 1 heterocycles. The van der Waals surface area contributed by atoms with Crippen LogP contribution in [-0.2, 0) is 6.18 Å². The van der Waals surface area contributed by atoms with E-state index in [2.05, 4.69) is 20.9 Å². The van der Waals surface area contributed by atoms with Crippen molar-refractivity contribution in [3.05, 3.63) is 83.3 Å². The molecule has 10 heteroatoms. The van der Waals surface area contributed by atoms with Gasteiger partial charge in [-0.05, 0) is 55.7 Å². The third kappa shape index (κ3) is 5.51. The zero-order valence-corrected chi connectivity index (χ0v) is 17.7. The number of nitrogens with one attached hydrogen (secondary N) is 3. The van der Waals surface area contributed by atoms with Gasteiger partial charge in [-0.2, -0.15) is 13.2 Å². The Hall–Kier alpha value is -3.95. The number of rotatable bonds is 6. The fourth-order valence-electron chi connectivity index (χ4n) is 3.34. The average molecular weight is 472 g/mol. The second-order valence-corrected chi connectivity index (χ2v) is 7.89. The van der Waals surface area contributed by atoms with Crippen LogP contribution in [0.15, 0.2) is 60.8 Å². The van der Waals surface area contributed by atoms with E-state index in [0.29, 0.717) is 23.9 Å².